The molecule has 0 unspecified atom stereocenters. The van der Waals surface area contributed by atoms with Crippen molar-refractivity contribution in [3.63, 3.8) is 0 Å². The van der Waals surface area contributed by atoms with Crippen LogP contribution in [0.2, 0.25) is 0 Å². The Balaban J connectivity index is 2.27. The molecule has 0 bridgehead atoms. The zero-order chi connectivity index (χ0) is 13.1. The Labute approximate surface area is 105 Å². The van der Waals surface area contributed by atoms with Crippen LogP contribution in [0.15, 0.2) is 36.5 Å². The summed E-state index contributed by atoms with van der Waals surface area (Å²) < 4.78 is 0. The minimum Gasteiger partial charge on any atom is -0.505 e. The SMILES string of the molecule is Cc1cccc(NC(=O)c2ncccc2O)c1C. The van der Waals surface area contributed by atoms with Crippen molar-refractivity contribution in [3.05, 3.63) is 53.3 Å². The Bertz CT molecular complexity index is 594. The van der Waals surface area contributed by atoms with Crippen LogP contribution in [0.3, 0.4) is 0 Å². The van der Waals surface area contributed by atoms with Gasteiger partial charge in [-0.25, -0.2) is 4.98 Å². The van der Waals surface area contributed by atoms with Gasteiger partial charge in [-0.2, -0.15) is 0 Å². The van der Waals surface area contributed by atoms with Crippen molar-refractivity contribution < 1.29 is 9.90 Å². The van der Waals surface area contributed by atoms with E-state index in [9.17, 15) is 9.90 Å². The highest BCUT2D eigenvalue weighted by atomic mass is 16.3. The lowest BCUT2D eigenvalue weighted by molar-refractivity contribution is 0.101. The number of aryl methyl sites for hydroxylation is 1. The van der Waals surface area contributed by atoms with E-state index < -0.39 is 5.91 Å². The standard InChI is InChI=1S/C14H14N2O2/c1-9-5-3-6-11(10(9)2)16-14(18)13-12(17)7-4-8-15-13/h3-8,17H,1-2H3,(H,16,18). The molecular formula is C14H14N2O2. The van der Waals surface area contributed by atoms with Crippen LogP contribution in [0.5, 0.6) is 5.75 Å². The highest BCUT2D eigenvalue weighted by Crippen LogP contribution is 2.20. The number of nitrogens with zero attached hydrogens (tertiary/aromatic N) is 1. The summed E-state index contributed by atoms with van der Waals surface area (Å²) in [6.07, 6.45) is 1.47. The van der Waals surface area contributed by atoms with Gasteiger partial charge in [0.05, 0.1) is 0 Å². The van der Waals surface area contributed by atoms with Gasteiger partial charge in [-0.15, -0.1) is 0 Å². The van der Waals surface area contributed by atoms with E-state index >= 15 is 0 Å². The van der Waals surface area contributed by atoms with Crippen LogP contribution in [0, 0.1) is 13.8 Å². The summed E-state index contributed by atoms with van der Waals surface area (Å²) in [4.78, 5) is 15.8. The van der Waals surface area contributed by atoms with E-state index in [2.05, 4.69) is 10.3 Å². The molecule has 0 saturated heterocycles. The summed E-state index contributed by atoms with van der Waals surface area (Å²) in [5, 5.41) is 12.3. The van der Waals surface area contributed by atoms with Crippen molar-refractivity contribution in [1.29, 1.82) is 0 Å². The van der Waals surface area contributed by atoms with Crippen molar-refractivity contribution in [1.82, 2.24) is 4.98 Å². The summed E-state index contributed by atoms with van der Waals surface area (Å²) in [6, 6.07) is 8.68. The minimum absolute atomic E-state index is 0.0263. The van der Waals surface area contributed by atoms with Crippen molar-refractivity contribution >= 4 is 11.6 Å². The second-order valence-electron chi connectivity index (χ2n) is 4.07. The third kappa shape index (κ3) is 2.32. The van der Waals surface area contributed by atoms with E-state index in [0.29, 0.717) is 0 Å². The van der Waals surface area contributed by atoms with E-state index in [1.807, 2.05) is 32.0 Å². The van der Waals surface area contributed by atoms with Gasteiger partial charge in [0.2, 0.25) is 0 Å². The summed E-state index contributed by atoms with van der Waals surface area (Å²) in [5.41, 5.74) is 2.85. The largest absolute Gasteiger partial charge is 0.505 e. The van der Waals surface area contributed by atoms with Crippen LogP contribution in [0.1, 0.15) is 21.6 Å². The normalized spacial score (nSPS) is 10.1. The van der Waals surface area contributed by atoms with Crippen LogP contribution in [-0.4, -0.2) is 16.0 Å². The fourth-order valence-corrected chi connectivity index (χ4v) is 1.64. The summed E-state index contributed by atoms with van der Waals surface area (Å²) in [7, 11) is 0. The predicted octanol–water partition coefficient (Wildman–Crippen LogP) is 2.66. The van der Waals surface area contributed by atoms with Crippen LogP contribution in [0.25, 0.3) is 0 Å². The number of amides is 1. The average molecular weight is 242 g/mol. The molecule has 2 aromatic rings. The summed E-state index contributed by atoms with van der Waals surface area (Å²) in [5.74, 6) is -0.540. The van der Waals surface area contributed by atoms with E-state index in [1.165, 1.54) is 12.3 Å². The molecule has 18 heavy (non-hydrogen) atoms. The van der Waals surface area contributed by atoms with E-state index in [0.717, 1.165) is 16.8 Å². The molecule has 4 heteroatoms. The number of benzene rings is 1. The van der Waals surface area contributed by atoms with Gasteiger partial charge in [0.1, 0.15) is 5.75 Å². The van der Waals surface area contributed by atoms with Crippen LogP contribution < -0.4 is 5.32 Å². The predicted molar refractivity (Wildman–Crippen MR) is 69.8 cm³/mol. The number of rotatable bonds is 2. The minimum atomic E-state index is -0.415. The number of carbonyl (C=O) groups is 1. The van der Waals surface area contributed by atoms with Gasteiger partial charge >= 0.3 is 0 Å². The van der Waals surface area contributed by atoms with E-state index in [4.69, 9.17) is 0 Å². The molecule has 92 valence electrons. The first-order valence-corrected chi connectivity index (χ1v) is 5.61. The monoisotopic (exact) mass is 242 g/mol. The maximum absolute atomic E-state index is 12.0. The number of anilines is 1. The molecule has 0 aliphatic heterocycles. The van der Waals surface area contributed by atoms with Gasteiger partial charge in [-0.1, -0.05) is 12.1 Å². The lowest BCUT2D eigenvalue weighted by atomic mass is 10.1. The van der Waals surface area contributed by atoms with Crippen molar-refractivity contribution in [3.8, 4) is 5.75 Å². The van der Waals surface area contributed by atoms with E-state index in [1.54, 1.807) is 6.07 Å². The van der Waals surface area contributed by atoms with E-state index in [-0.39, 0.29) is 11.4 Å². The third-order valence-electron chi connectivity index (χ3n) is 2.85. The Morgan fingerprint density at radius 3 is 2.72 bits per heavy atom. The molecule has 0 spiro atoms. The second kappa shape index (κ2) is 4.87. The first kappa shape index (κ1) is 12.1. The van der Waals surface area contributed by atoms with Gasteiger partial charge in [0, 0.05) is 11.9 Å². The van der Waals surface area contributed by atoms with Gasteiger partial charge in [-0.3, -0.25) is 4.79 Å². The highest BCUT2D eigenvalue weighted by molar-refractivity contribution is 6.05. The van der Waals surface area contributed by atoms with Gasteiger partial charge in [0.25, 0.3) is 5.91 Å². The molecule has 0 saturated carbocycles. The van der Waals surface area contributed by atoms with Crippen LogP contribution in [0.4, 0.5) is 5.69 Å². The number of pyridine rings is 1. The Kier molecular flexibility index (Phi) is 3.28. The topological polar surface area (TPSA) is 62.2 Å². The molecule has 0 fully saturated rings. The van der Waals surface area contributed by atoms with Gasteiger partial charge in [0.15, 0.2) is 5.69 Å². The molecule has 2 rings (SSSR count). The molecule has 0 aliphatic carbocycles. The zero-order valence-electron chi connectivity index (χ0n) is 10.3. The lowest BCUT2D eigenvalue weighted by Gasteiger charge is -2.10. The molecule has 1 amide bonds. The lowest BCUT2D eigenvalue weighted by Crippen LogP contribution is -2.14. The molecule has 0 aliphatic rings. The van der Waals surface area contributed by atoms with Crippen molar-refractivity contribution in [2.45, 2.75) is 13.8 Å². The second-order valence-corrected chi connectivity index (χ2v) is 4.07. The number of hydrogen-bond acceptors (Lipinski definition) is 3. The van der Waals surface area contributed by atoms with Crippen molar-refractivity contribution in [2.24, 2.45) is 0 Å². The fraction of sp³-hybridized carbons (Fsp3) is 0.143. The number of hydrogen-bond donors (Lipinski definition) is 2. The highest BCUT2D eigenvalue weighted by Gasteiger charge is 2.13. The Morgan fingerprint density at radius 2 is 2.00 bits per heavy atom. The first-order valence-electron chi connectivity index (χ1n) is 5.61. The van der Waals surface area contributed by atoms with Crippen LogP contribution in [-0.2, 0) is 0 Å². The molecule has 0 atom stereocenters. The maximum Gasteiger partial charge on any atom is 0.278 e. The van der Waals surface area contributed by atoms with Gasteiger partial charge < -0.3 is 10.4 Å². The molecule has 1 aromatic heterocycles. The Morgan fingerprint density at radius 1 is 1.22 bits per heavy atom. The first-order chi connectivity index (χ1) is 8.59. The number of aromatic nitrogens is 1. The molecule has 2 N–H and O–H groups in total. The average Bonchev–Trinajstić information content (AvgIpc) is 2.35. The summed E-state index contributed by atoms with van der Waals surface area (Å²) in [6.45, 7) is 3.91. The van der Waals surface area contributed by atoms with Crippen LogP contribution >= 0.6 is 0 Å². The molecule has 4 nitrogen and oxygen atoms in total. The molecule has 1 heterocycles. The molecule has 1 aromatic carbocycles. The Hall–Kier alpha value is -2.36. The quantitative estimate of drug-likeness (QED) is 0.851. The fourth-order valence-electron chi connectivity index (χ4n) is 1.64. The third-order valence-corrected chi connectivity index (χ3v) is 2.85. The zero-order valence-corrected chi connectivity index (χ0v) is 10.3. The molecular weight excluding hydrogens is 228 g/mol. The number of aromatic hydroxyl groups is 1. The number of carbonyl (C=O) groups excluding carboxylic acids is 1. The van der Waals surface area contributed by atoms with Gasteiger partial charge in [-0.05, 0) is 43.2 Å². The van der Waals surface area contributed by atoms with Crippen molar-refractivity contribution in [2.75, 3.05) is 5.32 Å². The maximum atomic E-state index is 12.0. The summed E-state index contributed by atoms with van der Waals surface area (Å²) >= 11 is 0. The molecule has 0 radical (unpaired) electrons. The number of nitrogens with one attached hydrogen (secondary N) is 1. The smallest absolute Gasteiger partial charge is 0.278 e.